The monoisotopic (exact) mass is 418 g/mol. The Morgan fingerprint density at radius 2 is 1.81 bits per heavy atom. The molecule has 4 rings (SSSR count). The van der Waals surface area contributed by atoms with E-state index in [4.69, 9.17) is 9.73 Å². The fraction of sp³-hybridized carbons (Fsp3) is 0.423. The Balaban J connectivity index is 1.62. The smallest absolute Gasteiger partial charge is 0.261 e. The maximum Gasteiger partial charge on any atom is 0.261 e. The number of benzene rings is 2. The third-order valence-electron chi connectivity index (χ3n) is 6.89. The number of fused-ring (bicyclic) bond motifs is 1. The van der Waals surface area contributed by atoms with Crippen molar-refractivity contribution in [1.29, 1.82) is 0 Å². The van der Waals surface area contributed by atoms with E-state index in [1.54, 1.807) is 19.4 Å². The molecule has 162 valence electrons. The van der Waals surface area contributed by atoms with Gasteiger partial charge >= 0.3 is 0 Å². The summed E-state index contributed by atoms with van der Waals surface area (Å²) >= 11 is 0. The minimum Gasteiger partial charge on any atom is -0.497 e. The molecule has 2 amide bonds. The Hall–Kier alpha value is -2.95. The van der Waals surface area contributed by atoms with Crippen LogP contribution in [0.3, 0.4) is 0 Å². The average Bonchev–Trinajstić information content (AvgIpc) is 2.79. The van der Waals surface area contributed by atoms with Gasteiger partial charge in [-0.2, -0.15) is 0 Å². The van der Waals surface area contributed by atoms with Crippen molar-refractivity contribution in [1.82, 2.24) is 4.90 Å². The van der Waals surface area contributed by atoms with Crippen LogP contribution in [0.4, 0.5) is 0 Å². The van der Waals surface area contributed by atoms with Crippen LogP contribution in [0.25, 0.3) is 0 Å². The number of hydrogen-bond acceptors (Lipinski definition) is 4. The molecule has 1 unspecified atom stereocenters. The van der Waals surface area contributed by atoms with Crippen LogP contribution in [-0.2, 0) is 11.3 Å². The number of imide groups is 1. The second-order valence-electron chi connectivity index (χ2n) is 8.78. The summed E-state index contributed by atoms with van der Waals surface area (Å²) in [6, 6.07) is 15.1. The van der Waals surface area contributed by atoms with Gasteiger partial charge in [0.15, 0.2) is 0 Å². The molecule has 4 atom stereocenters. The fourth-order valence-corrected chi connectivity index (χ4v) is 4.68. The van der Waals surface area contributed by atoms with Crippen LogP contribution in [-0.4, -0.2) is 36.1 Å². The van der Waals surface area contributed by atoms with Gasteiger partial charge < -0.3 is 4.74 Å². The van der Waals surface area contributed by atoms with Gasteiger partial charge in [0.25, 0.3) is 5.91 Å². The molecule has 2 aromatic carbocycles. The zero-order chi connectivity index (χ0) is 22.0. The predicted molar refractivity (Wildman–Crippen MR) is 122 cm³/mol. The van der Waals surface area contributed by atoms with Crippen molar-refractivity contribution < 1.29 is 14.3 Å². The van der Waals surface area contributed by atoms with Crippen LogP contribution in [0.5, 0.6) is 5.75 Å². The third-order valence-corrected chi connectivity index (χ3v) is 6.89. The first-order valence-corrected chi connectivity index (χ1v) is 11.1. The van der Waals surface area contributed by atoms with E-state index in [2.05, 4.69) is 13.8 Å². The summed E-state index contributed by atoms with van der Waals surface area (Å²) in [5.74, 6) is 0.887. The van der Waals surface area contributed by atoms with E-state index in [-0.39, 0.29) is 24.4 Å². The van der Waals surface area contributed by atoms with Crippen LogP contribution in [0.2, 0.25) is 0 Å². The van der Waals surface area contributed by atoms with Gasteiger partial charge in [-0.1, -0.05) is 57.0 Å². The number of methoxy groups -OCH3 is 1. The Morgan fingerprint density at radius 1 is 1.06 bits per heavy atom. The number of amides is 2. The molecule has 1 aliphatic heterocycles. The van der Waals surface area contributed by atoms with E-state index in [1.807, 2.05) is 42.5 Å². The lowest BCUT2D eigenvalue weighted by Crippen LogP contribution is -2.44. The SMILES string of the molecule is COc1ccc(CN2C(=O)c3ccccc3C(C=N[C@H]3CCC[C@H](C)[C@H]3C)C2=O)cc1. The van der Waals surface area contributed by atoms with Crippen molar-refractivity contribution in [3.05, 3.63) is 65.2 Å². The predicted octanol–water partition coefficient (Wildman–Crippen LogP) is 4.86. The van der Waals surface area contributed by atoms with Crippen LogP contribution in [0, 0.1) is 11.8 Å². The molecule has 31 heavy (non-hydrogen) atoms. The first-order valence-electron chi connectivity index (χ1n) is 11.1. The van der Waals surface area contributed by atoms with Crippen LogP contribution in [0.15, 0.2) is 53.5 Å². The van der Waals surface area contributed by atoms with Gasteiger partial charge in [-0.05, 0) is 47.6 Å². The summed E-state index contributed by atoms with van der Waals surface area (Å²) in [5, 5.41) is 0. The van der Waals surface area contributed by atoms with Crippen molar-refractivity contribution in [2.24, 2.45) is 16.8 Å². The normalized spacial score (nSPS) is 26.2. The van der Waals surface area contributed by atoms with E-state index in [9.17, 15) is 9.59 Å². The second kappa shape index (κ2) is 9.04. The van der Waals surface area contributed by atoms with E-state index >= 15 is 0 Å². The summed E-state index contributed by atoms with van der Waals surface area (Å²) in [7, 11) is 1.61. The van der Waals surface area contributed by atoms with Gasteiger partial charge in [0, 0.05) is 11.8 Å². The van der Waals surface area contributed by atoms with Gasteiger partial charge in [0.2, 0.25) is 5.91 Å². The molecule has 2 aliphatic rings. The average molecular weight is 419 g/mol. The lowest BCUT2D eigenvalue weighted by molar-refractivity contribution is -0.129. The highest BCUT2D eigenvalue weighted by Gasteiger charge is 2.38. The van der Waals surface area contributed by atoms with E-state index in [0.717, 1.165) is 23.3 Å². The summed E-state index contributed by atoms with van der Waals surface area (Å²) in [4.78, 5) is 32.8. The Labute approximate surface area is 184 Å². The molecule has 0 bridgehead atoms. The molecule has 0 spiro atoms. The summed E-state index contributed by atoms with van der Waals surface area (Å²) in [6.45, 7) is 4.77. The summed E-state index contributed by atoms with van der Waals surface area (Å²) in [6.07, 6.45) is 5.26. The van der Waals surface area contributed by atoms with Crippen molar-refractivity contribution in [3.8, 4) is 5.75 Å². The maximum absolute atomic E-state index is 13.4. The second-order valence-corrected chi connectivity index (χ2v) is 8.78. The van der Waals surface area contributed by atoms with Crippen molar-refractivity contribution in [2.75, 3.05) is 7.11 Å². The summed E-state index contributed by atoms with van der Waals surface area (Å²) < 4.78 is 5.21. The largest absolute Gasteiger partial charge is 0.497 e. The highest BCUT2D eigenvalue weighted by Crippen LogP contribution is 2.33. The van der Waals surface area contributed by atoms with Crippen LogP contribution in [0.1, 0.15) is 60.5 Å². The molecule has 1 aliphatic carbocycles. The van der Waals surface area contributed by atoms with Gasteiger partial charge in [-0.25, -0.2) is 0 Å². The van der Waals surface area contributed by atoms with Crippen molar-refractivity contribution >= 4 is 18.0 Å². The fourth-order valence-electron chi connectivity index (χ4n) is 4.68. The quantitative estimate of drug-likeness (QED) is 0.515. The highest BCUT2D eigenvalue weighted by molar-refractivity contribution is 6.16. The number of ether oxygens (including phenoxy) is 1. The minimum atomic E-state index is -0.531. The summed E-state index contributed by atoms with van der Waals surface area (Å²) in [5.41, 5.74) is 2.22. The first kappa shape index (κ1) is 21.3. The number of rotatable bonds is 5. The highest BCUT2D eigenvalue weighted by atomic mass is 16.5. The maximum atomic E-state index is 13.4. The molecular weight excluding hydrogens is 388 g/mol. The van der Waals surface area contributed by atoms with Crippen molar-refractivity contribution in [3.63, 3.8) is 0 Å². The standard InChI is InChI=1S/C26H30N2O3/c1-17-7-6-10-24(18(17)2)27-15-23-21-8-4-5-9-22(21)25(29)28(26(23)30)16-19-11-13-20(31-3)14-12-19/h4-5,8-9,11-15,17-18,23-24H,6-7,10,16H2,1-3H3/t17-,18+,23?,24-/m0/s1. The molecule has 1 saturated carbocycles. The first-order chi connectivity index (χ1) is 15.0. The molecule has 0 saturated heterocycles. The zero-order valence-corrected chi connectivity index (χ0v) is 18.5. The lowest BCUT2D eigenvalue weighted by Gasteiger charge is -2.33. The molecule has 1 heterocycles. The van der Waals surface area contributed by atoms with E-state index < -0.39 is 5.92 Å². The van der Waals surface area contributed by atoms with E-state index in [1.165, 1.54) is 17.7 Å². The topological polar surface area (TPSA) is 59.0 Å². The molecule has 1 fully saturated rings. The molecule has 0 radical (unpaired) electrons. The molecule has 0 N–H and O–H groups in total. The number of nitrogens with zero attached hydrogens (tertiary/aromatic N) is 2. The van der Waals surface area contributed by atoms with Gasteiger partial charge in [-0.15, -0.1) is 0 Å². The molecular formula is C26H30N2O3. The third kappa shape index (κ3) is 4.27. The number of aliphatic imine (C=N–C) groups is 1. The minimum absolute atomic E-state index is 0.209. The molecule has 2 aromatic rings. The van der Waals surface area contributed by atoms with Gasteiger partial charge in [-0.3, -0.25) is 19.5 Å². The number of hydrogen-bond donors (Lipinski definition) is 0. The van der Waals surface area contributed by atoms with Crippen molar-refractivity contribution in [2.45, 2.75) is 51.6 Å². The van der Waals surface area contributed by atoms with Gasteiger partial charge in [0.05, 0.1) is 25.6 Å². The Morgan fingerprint density at radius 3 is 2.55 bits per heavy atom. The zero-order valence-electron chi connectivity index (χ0n) is 18.5. The van der Waals surface area contributed by atoms with Crippen LogP contribution < -0.4 is 4.74 Å². The number of carbonyl (C=O) groups excluding carboxylic acids is 2. The molecule has 5 heteroatoms. The number of carbonyl (C=O) groups is 2. The van der Waals surface area contributed by atoms with Crippen LogP contribution >= 0.6 is 0 Å². The van der Waals surface area contributed by atoms with E-state index in [0.29, 0.717) is 17.4 Å². The van der Waals surface area contributed by atoms with Gasteiger partial charge in [0.1, 0.15) is 5.75 Å². The lowest BCUT2D eigenvalue weighted by atomic mass is 9.78. The Kier molecular flexibility index (Phi) is 6.21. The molecule has 5 nitrogen and oxygen atoms in total. The Bertz CT molecular complexity index is 982. The molecule has 0 aromatic heterocycles.